The average molecular weight is 208 g/mol. The van der Waals surface area contributed by atoms with E-state index in [1.165, 1.54) is 32.9 Å². The van der Waals surface area contributed by atoms with E-state index < -0.39 is 0 Å². The number of H-pyrrole nitrogens is 1. The highest BCUT2D eigenvalue weighted by Gasteiger charge is 2.09. The van der Waals surface area contributed by atoms with E-state index >= 15 is 0 Å². The molecule has 16 heavy (non-hydrogen) atoms. The standard InChI is InChI=1S/C15H13N/c1-10-9-11(2)16-15-13(10)8-7-12-5-3-4-6-14(12)15/h3-9H,1-2H3/p+1. The van der Waals surface area contributed by atoms with Crippen LogP contribution in [0.1, 0.15) is 11.3 Å². The van der Waals surface area contributed by atoms with E-state index in [4.69, 9.17) is 0 Å². The van der Waals surface area contributed by atoms with E-state index in [1.54, 1.807) is 0 Å². The van der Waals surface area contributed by atoms with Crippen LogP contribution in [0, 0.1) is 13.8 Å². The number of aromatic amines is 1. The first kappa shape index (κ1) is 9.34. The van der Waals surface area contributed by atoms with Crippen LogP contribution in [-0.4, -0.2) is 0 Å². The Labute approximate surface area is 94.7 Å². The maximum atomic E-state index is 3.47. The molecule has 78 valence electrons. The number of rotatable bonds is 0. The molecule has 3 aromatic rings. The predicted octanol–water partition coefficient (Wildman–Crippen LogP) is 3.42. The van der Waals surface area contributed by atoms with Gasteiger partial charge in [-0.15, -0.1) is 0 Å². The van der Waals surface area contributed by atoms with Gasteiger partial charge in [-0.1, -0.05) is 24.3 Å². The minimum atomic E-state index is 1.21. The maximum Gasteiger partial charge on any atom is 0.219 e. The van der Waals surface area contributed by atoms with Crippen molar-refractivity contribution >= 4 is 21.7 Å². The second-order valence-corrected chi connectivity index (χ2v) is 4.34. The van der Waals surface area contributed by atoms with Gasteiger partial charge in [-0.25, -0.2) is 4.98 Å². The van der Waals surface area contributed by atoms with Crippen molar-refractivity contribution in [3.05, 3.63) is 53.7 Å². The van der Waals surface area contributed by atoms with Crippen molar-refractivity contribution in [3.8, 4) is 0 Å². The van der Waals surface area contributed by atoms with E-state index in [1.807, 2.05) is 0 Å². The van der Waals surface area contributed by atoms with Gasteiger partial charge in [-0.3, -0.25) is 0 Å². The topological polar surface area (TPSA) is 14.1 Å². The summed E-state index contributed by atoms with van der Waals surface area (Å²) in [5.41, 5.74) is 3.79. The van der Waals surface area contributed by atoms with Crippen LogP contribution in [0.2, 0.25) is 0 Å². The molecule has 0 unspecified atom stereocenters. The van der Waals surface area contributed by atoms with Crippen molar-refractivity contribution in [1.82, 2.24) is 0 Å². The smallest absolute Gasteiger partial charge is 0.208 e. The van der Waals surface area contributed by atoms with Gasteiger partial charge in [-0.05, 0) is 30.0 Å². The molecule has 1 heterocycles. The van der Waals surface area contributed by atoms with Crippen molar-refractivity contribution < 1.29 is 4.98 Å². The molecular weight excluding hydrogens is 194 g/mol. The van der Waals surface area contributed by atoms with E-state index in [9.17, 15) is 0 Å². The first-order valence-electron chi connectivity index (χ1n) is 5.57. The normalized spacial score (nSPS) is 11.1. The number of benzene rings is 2. The summed E-state index contributed by atoms with van der Waals surface area (Å²) in [4.78, 5) is 3.47. The number of hydrogen-bond donors (Lipinski definition) is 0. The van der Waals surface area contributed by atoms with Gasteiger partial charge in [-0.2, -0.15) is 0 Å². The van der Waals surface area contributed by atoms with Gasteiger partial charge in [0.25, 0.3) is 0 Å². The lowest BCUT2D eigenvalue weighted by atomic mass is 10.0. The first-order chi connectivity index (χ1) is 7.75. The molecule has 0 amide bonds. The lowest BCUT2D eigenvalue weighted by molar-refractivity contribution is -0.353. The SMILES string of the molecule is Cc1cc(C)c2ccc3ccccc3c2[nH+]1. The molecule has 2 aromatic carbocycles. The lowest BCUT2D eigenvalue weighted by Crippen LogP contribution is -2.09. The Bertz CT molecular complexity index is 683. The van der Waals surface area contributed by atoms with Crippen molar-refractivity contribution in [2.75, 3.05) is 0 Å². The summed E-state index contributed by atoms with van der Waals surface area (Å²) in [6.45, 7) is 4.27. The fraction of sp³-hybridized carbons (Fsp3) is 0.133. The van der Waals surface area contributed by atoms with Crippen LogP contribution >= 0.6 is 0 Å². The Kier molecular flexibility index (Phi) is 1.93. The minimum absolute atomic E-state index is 1.21. The second kappa shape index (κ2) is 3.31. The van der Waals surface area contributed by atoms with Crippen LogP contribution < -0.4 is 4.98 Å². The van der Waals surface area contributed by atoms with Gasteiger partial charge in [0.15, 0.2) is 5.69 Å². The third kappa shape index (κ3) is 1.28. The van der Waals surface area contributed by atoms with Gasteiger partial charge in [0, 0.05) is 18.4 Å². The third-order valence-corrected chi connectivity index (χ3v) is 3.11. The molecular formula is C15H14N+. The van der Waals surface area contributed by atoms with E-state index in [2.05, 4.69) is 61.3 Å². The zero-order chi connectivity index (χ0) is 11.1. The number of nitrogens with one attached hydrogen (secondary N) is 1. The van der Waals surface area contributed by atoms with Crippen LogP contribution in [0.15, 0.2) is 42.5 Å². The van der Waals surface area contributed by atoms with Crippen molar-refractivity contribution in [3.63, 3.8) is 0 Å². The molecule has 0 bridgehead atoms. The molecule has 3 rings (SSSR count). The summed E-state index contributed by atoms with van der Waals surface area (Å²) in [6, 6.07) is 15.1. The average Bonchev–Trinajstić information content (AvgIpc) is 2.28. The molecule has 1 nitrogen and oxygen atoms in total. The highest BCUT2D eigenvalue weighted by Crippen LogP contribution is 2.24. The summed E-state index contributed by atoms with van der Waals surface area (Å²) in [7, 11) is 0. The molecule has 1 N–H and O–H groups in total. The second-order valence-electron chi connectivity index (χ2n) is 4.34. The Balaban J connectivity index is 2.59. The molecule has 1 aromatic heterocycles. The molecule has 0 saturated carbocycles. The zero-order valence-electron chi connectivity index (χ0n) is 9.54. The summed E-state index contributed by atoms with van der Waals surface area (Å²) in [5, 5.41) is 3.90. The van der Waals surface area contributed by atoms with Gasteiger partial charge in [0.05, 0.1) is 5.39 Å². The number of hydrogen-bond acceptors (Lipinski definition) is 0. The third-order valence-electron chi connectivity index (χ3n) is 3.11. The highest BCUT2D eigenvalue weighted by molar-refractivity contribution is 6.04. The van der Waals surface area contributed by atoms with Crippen molar-refractivity contribution in [2.24, 2.45) is 0 Å². The van der Waals surface area contributed by atoms with Crippen LogP contribution in [0.25, 0.3) is 21.7 Å². The molecule has 0 aliphatic heterocycles. The summed E-state index contributed by atoms with van der Waals surface area (Å²) in [6.07, 6.45) is 0. The van der Waals surface area contributed by atoms with E-state index in [0.29, 0.717) is 0 Å². The highest BCUT2D eigenvalue weighted by atomic mass is 14.7. The molecule has 0 radical (unpaired) electrons. The molecule has 1 heteroatoms. The van der Waals surface area contributed by atoms with Gasteiger partial charge in [0.2, 0.25) is 5.52 Å². The first-order valence-corrected chi connectivity index (χ1v) is 5.57. The fourth-order valence-electron chi connectivity index (χ4n) is 2.37. The minimum Gasteiger partial charge on any atom is -0.208 e. The number of fused-ring (bicyclic) bond motifs is 3. The maximum absolute atomic E-state index is 3.47. The monoisotopic (exact) mass is 208 g/mol. The molecule has 0 aliphatic rings. The van der Waals surface area contributed by atoms with E-state index in [0.717, 1.165) is 0 Å². The summed E-state index contributed by atoms with van der Waals surface area (Å²) >= 11 is 0. The molecule has 0 atom stereocenters. The van der Waals surface area contributed by atoms with E-state index in [-0.39, 0.29) is 0 Å². The fourth-order valence-corrected chi connectivity index (χ4v) is 2.37. The Morgan fingerprint density at radius 1 is 0.875 bits per heavy atom. The zero-order valence-corrected chi connectivity index (χ0v) is 9.54. The Morgan fingerprint density at radius 3 is 2.56 bits per heavy atom. The van der Waals surface area contributed by atoms with Crippen LogP contribution in [0.5, 0.6) is 0 Å². The lowest BCUT2D eigenvalue weighted by Gasteiger charge is -2.02. The van der Waals surface area contributed by atoms with Crippen LogP contribution in [-0.2, 0) is 0 Å². The van der Waals surface area contributed by atoms with Crippen LogP contribution in [0.3, 0.4) is 0 Å². The number of aryl methyl sites for hydroxylation is 2. The quantitative estimate of drug-likeness (QED) is 0.503. The summed E-state index contributed by atoms with van der Waals surface area (Å²) in [5.74, 6) is 0. The van der Waals surface area contributed by atoms with Gasteiger partial charge >= 0.3 is 0 Å². The van der Waals surface area contributed by atoms with Crippen molar-refractivity contribution in [2.45, 2.75) is 13.8 Å². The Hall–Kier alpha value is -1.89. The predicted molar refractivity (Wildman–Crippen MR) is 67.5 cm³/mol. The van der Waals surface area contributed by atoms with Gasteiger partial charge < -0.3 is 0 Å². The summed E-state index contributed by atoms with van der Waals surface area (Å²) < 4.78 is 0. The van der Waals surface area contributed by atoms with Crippen LogP contribution in [0.4, 0.5) is 0 Å². The van der Waals surface area contributed by atoms with Gasteiger partial charge in [0.1, 0.15) is 0 Å². The van der Waals surface area contributed by atoms with Crippen molar-refractivity contribution in [1.29, 1.82) is 0 Å². The molecule has 0 spiro atoms. The molecule has 0 fully saturated rings. The largest absolute Gasteiger partial charge is 0.219 e. The molecule has 0 aliphatic carbocycles. The number of aromatic nitrogens is 1. The Morgan fingerprint density at radius 2 is 1.69 bits per heavy atom. The number of pyridine rings is 1. The molecule has 0 saturated heterocycles.